The van der Waals surface area contributed by atoms with E-state index in [0.29, 0.717) is 17.3 Å². The lowest BCUT2D eigenvalue weighted by molar-refractivity contribution is 0.195. The van der Waals surface area contributed by atoms with Crippen LogP contribution in [0.4, 0.5) is 10.5 Å². The van der Waals surface area contributed by atoms with E-state index in [0.717, 1.165) is 24.0 Å². The molecule has 150 valence electrons. The number of carbonyl (C=O) groups is 1. The number of amides is 2. The number of carbonyl (C=O) groups excluding carboxylic acids is 1. The van der Waals surface area contributed by atoms with Gasteiger partial charge in [0.1, 0.15) is 0 Å². The van der Waals surface area contributed by atoms with Crippen LogP contribution in [-0.4, -0.2) is 17.5 Å². The molecule has 1 unspecified atom stereocenters. The standard InChI is InChI=1S/C24H25ClN2OS/c1-4-18-16(3)29-23-19(18)12-13-27(22(23)17-8-6-5-7-9-17)24(28)26-21-11-10-15(2)14-20(21)25/h5-11,14,22H,4,12-13H2,1-3H3,(H,26,28). The van der Waals surface area contributed by atoms with E-state index in [1.54, 1.807) is 0 Å². The second-order valence-electron chi connectivity index (χ2n) is 7.50. The van der Waals surface area contributed by atoms with Gasteiger partial charge in [0.2, 0.25) is 0 Å². The molecule has 0 saturated carbocycles. The highest BCUT2D eigenvalue weighted by atomic mass is 35.5. The Morgan fingerprint density at radius 3 is 2.66 bits per heavy atom. The molecule has 1 atom stereocenters. The van der Waals surface area contributed by atoms with E-state index in [1.165, 1.54) is 20.9 Å². The highest BCUT2D eigenvalue weighted by Crippen LogP contribution is 2.43. The van der Waals surface area contributed by atoms with Crippen LogP contribution in [0, 0.1) is 13.8 Å². The van der Waals surface area contributed by atoms with E-state index < -0.39 is 0 Å². The Labute approximate surface area is 181 Å². The van der Waals surface area contributed by atoms with Crippen molar-refractivity contribution in [2.24, 2.45) is 0 Å². The first-order chi connectivity index (χ1) is 14.0. The Morgan fingerprint density at radius 1 is 1.21 bits per heavy atom. The summed E-state index contributed by atoms with van der Waals surface area (Å²) in [5, 5.41) is 3.60. The van der Waals surface area contributed by atoms with E-state index >= 15 is 0 Å². The van der Waals surface area contributed by atoms with Gasteiger partial charge in [0.25, 0.3) is 0 Å². The Morgan fingerprint density at radius 2 is 1.97 bits per heavy atom. The smallest absolute Gasteiger partial charge is 0.312 e. The maximum atomic E-state index is 13.3. The minimum atomic E-state index is -0.112. The van der Waals surface area contributed by atoms with Crippen LogP contribution in [0.2, 0.25) is 5.02 Å². The molecule has 1 aliphatic heterocycles. The number of hydrogen-bond acceptors (Lipinski definition) is 2. The van der Waals surface area contributed by atoms with Crippen molar-refractivity contribution in [3.63, 3.8) is 0 Å². The molecule has 5 heteroatoms. The Balaban J connectivity index is 1.72. The van der Waals surface area contributed by atoms with Crippen molar-refractivity contribution in [2.45, 2.75) is 39.7 Å². The van der Waals surface area contributed by atoms with Crippen LogP contribution in [0.25, 0.3) is 0 Å². The number of anilines is 1. The number of aryl methyl sites for hydroxylation is 2. The number of hydrogen-bond donors (Lipinski definition) is 1. The monoisotopic (exact) mass is 424 g/mol. The maximum absolute atomic E-state index is 13.3. The van der Waals surface area contributed by atoms with E-state index in [2.05, 4.69) is 31.3 Å². The van der Waals surface area contributed by atoms with Gasteiger partial charge in [0.05, 0.1) is 16.8 Å². The van der Waals surface area contributed by atoms with Crippen LogP contribution in [0.3, 0.4) is 0 Å². The Bertz CT molecular complexity index is 1040. The van der Waals surface area contributed by atoms with Gasteiger partial charge in [-0.15, -0.1) is 11.3 Å². The molecule has 1 aliphatic rings. The SMILES string of the molecule is CCc1c(C)sc2c1CCN(C(=O)Nc1ccc(C)cc1Cl)C2c1ccccc1. The molecule has 0 aliphatic carbocycles. The summed E-state index contributed by atoms with van der Waals surface area (Å²) < 4.78 is 0. The maximum Gasteiger partial charge on any atom is 0.322 e. The lowest BCUT2D eigenvalue weighted by atomic mass is 9.92. The van der Waals surface area contributed by atoms with Gasteiger partial charge in [-0.3, -0.25) is 0 Å². The first-order valence-electron chi connectivity index (χ1n) is 9.99. The summed E-state index contributed by atoms with van der Waals surface area (Å²) in [5.41, 5.74) is 5.74. The van der Waals surface area contributed by atoms with Gasteiger partial charge in [0, 0.05) is 16.3 Å². The van der Waals surface area contributed by atoms with Crippen molar-refractivity contribution in [1.82, 2.24) is 4.90 Å². The zero-order chi connectivity index (χ0) is 20.5. The number of rotatable bonds is 3. The largest absolute Gasteiger partial charge is 0.322 e. The van der Waals surface area contributed by atoms with Crippen molar-refractivity contribution in [2.75, 3.05) is 11.9 Å². The number of thiophene rings is 1. The number of nitrogens with zero attached hydrogens (tertiary/aromatic N) is 1. The fourth-order valence-electron chi connectivity index (χ4n) is 4.20. The van der Waals surface area contributed by atoms with E-state index in [1.807, 2.05) is 59.6 Å². The molecule has 1 aromatic heterocycles. The summed E-state index contributed by atoms with van der Waals surface area (Å²) in [5.74, 6) is 0. The van der Waals surface area contributed by atoms with Gasteiger partial charge in [-0.05, 0) is 61.1 Å². The topological polar surface area (TPSA) is 32.3 Å². The summed E-state index contributed by atoms with van der Waals surface area (Å²) >= 11 is 8.19. The van der Waals surface area contributed by atoms with E-state index in [-0.39, 0.29) is 12.1 Å². The van der Waals surface area contributed by atoms with Gasteiger partial charge in [-0.1, -0.05) is 54.9 Å². The van der Waals surface area contributed by atoms with Crippen LogP contribution in [0.1, 0.15) is 45.0 Å². The third-order valence-corrected chi connectivity index (χ3v) is 7.16. The lowest BCUT2D eigenvalue weighted by Crippen LogP contribution is -2.42. The molecular formula is C24H25ClN2OS. The second-order valence-corrected chi connectivity index (χ2v) is 9.17. The molecule has 2 amide bonds. The molecule has 0 fully saturated rings. The Kier molecular flexibility index (Phi) is 5.66. The fraction of sp³-hybridized carbons (Fsp3) is 0.292. The lowest BCUT2D eigenvalue weighted by Gasteiger charge is -2.36. The molecule has 2 heterocycles. The first-order valence-corrected chi connectivity index (χ1v) is 11.2. The third kappa shape index (κ3) is 3.79. The van der Waals surface area contributed by atoms with Crippen LogP contribution in [0.15, 0.2) is 48.5 Å². The molecule has 2 aromatic carbocycles. The number of benzene rings is 2. The quantitative estimate of drug-likeness (QED) is 0.494. The summed E-state index contributed by atoms with van der Waals surface area (Å²) in [6, 6.07) is 15.8. The molecule has 4 rings (SSSR count). The highest BCUT2D eigenvalue weighted by Gasteiger charge is 2.35. The van der Waals surface area contributed by atoms with Gasteiger partial charge in [0.15, 0.2) is 0 Å². The van der Waals surface area contributed by atoms with Gasteiger partial charge in [-0.2, -0.15) is 0 Å². The van der Waals surface area contributed by atoms with Crippen molar-refractivity contribution >= 4 is 34.7 Å². The van der Waals surface area contributed by atoms with Crippen molar-refractivity contribution in [1.29, 1.82) is 0 Å². The predicted octanol–water partition coefficient (Wildman–Crippen LogP) is 6.76. The van der Waals surface area contributed by atoms with Gasteiger partial charge < -0.3 is 10.2 Å². The summed E-state index contributed by atoms with van der Waals surface area (Å²) in [6.45, 7) is 7.08. The van der Waals surface area contributed by atoms with Gasteiger partial charge in [-0.25, -0.2) is 4.79 Å². The molecule has 29 heavy (non-hydrogen) atoms. The highest BCUT2D eigenvalue weighted by molar-refractivity contribution is 7.12. The molecule has 0 spiro atoms. The van der Waals surface area contributed by atoms with Crippen LogP contribution >= 0.6 is 22.9 Å². The molecule has 3 aromatic rings. The predicted molar refractivity (Wildman–Crippen MR) is 122 cm³/mol. The van der Waals surface area contributed by atoms with Crippen molar-refractivity contribution in [3.05, 3.63) is 85.6 Å². The number of halogens is 1. The molecule has 1 N–H and O–H groups in total. The second kappa shape index (κ2) is 8.21. The zero-order valence-electron chi connectivity index (χ0n) is 17.0. The van der Waals surface area contributed by atoms with Crippen LogP contribution in [-0.2, 0) is 12.8 Å². The summed E-state index contributed by atoms with van der Waals surface area (Å²) in [7, 11) is 0. The van der Waals surface area contributed by atoms with Crippen LogP contribution in [0.5, 0.6) is 0 Å². The number of fused-ring (bicyclic) bond motifs is 1. The van der Waals surface area contributed by atoms with E-state index in [4.69, 9.17) is 11.6 Å². The molecular weight excluding hydrogens is 400 g/mol. The normalized spacial score (nSPS) is 15.9. The number of nitrogens with one attached hydrogen (secondary N) is 1. The minimum absolute atomic E-state index is 0.0758. The average Bonchev–Trinajstić information content (AvgIpc) is 3.04. The van der Waals surface area contributed by atoms with Crippen molar-refractivity contribution < 1.29 is 4.79 Å². The third-order valence-electron chi connectivity index (χ3n) is 5.61. The number of urea groups is 1. The molecule has 0 bridgehead atoms. The molecule has 0 saturated heterocycles. The average molecular weight is 425 g/mol. The minimum Gasteiger partial charge on any atom is -0.312 e. The van der Waals surface area contributed by atoms with Crippen LogP contribution < -0.4 is 5.32 Å². The summed E-state index contributed by atoms with van der Waals surface area (Å²) in [4.78, 5) is 17.9. The molecule has 3 nitrogen and oxygen atoms in total. The Hall–Kier alpha value is -2.30. The van der Waals surface area contributed by atoms with Gasteiger partial charge >= 0.3 is 6.03 Å². The first kappa shape index (κ1) is 20.0. The van der Waals surface area contributed by atoms with E-state index in [9.17, 15) is 4.79 Å². The summed E-state index contributed by atoms with van der Waals surface area (Å²) in [6.07, 6.45) is 1.92. The fourth-order valence-corrected chi connectivity index (χ4v) is 5.93. The van der Waals surface area contributed by atoms with Crippen molar-refractivity contribution in [3.8, 4) is 0 Å². The molecule has 0 radical (unpaired) electrons. The zero-order valence-corrected chi connectivity index (χ0v) is 18.5.